The number of benzene rings is 10. The average molecular weight is 677 g/mol. The van der Waals surface area contributed by atoms with Crippen molar-refractivity contribution in [1.82, 2.24) is 0 Å². The highest BCUT2D eigenvalue weighted by Crippen LogP contribution is 2.47. The number of rotatable bonds is 3. The molecule has 11 aromatic rings. The molecule has 0 amide bonds. The van der Waals surface area contributed by atoms with Crippen LogP contribution in [0.5, 0.6) is 0 Å². The number of furan rings is 1. The second-order valence-corrected chi connectivity index (χ2v) is 11.3. The van der Waals surface area contributed by atoms with E-state index in [1.165, 1.54) is 0 Å². The molecular weight excluding hydrogens is 617 g/mol. The first-order valence-electron chi connectivity index (χ1n) is 30.2. The minimum Gasteiger partial charge on any atom is -0.455 e. The van der Waals surface area contributed by atoms with Crippen LogP contribution in [-0.4, -0.2) is 0 Å². The van der Waals surface area contributed by atoms with Crippen LogP contribution in [0.15, 0.2) is 186 Å². The summed E-state index contributed by atoms with van der Waals surface area (Å²) in [5.41, 5.74) is -6.05. The Labute approximate surface area is 336 Å². The molecule has 0 fully saturated rings. The Balaban J connectivity index is 1.36. The highest BCUT2D eigenvalue weighted by molar-refractivity contribution is 6.27. The van der Waals surface area contributed by atoms with E-state index in [1.807, 2.05) is 0 Å². The first-order chi connectivity index (χ1) is 37.8. The van der Waals surface area contributed by atoms with Crippen LogP contribution in [0.3, 0.4) is 0 Å². The standard InChI is InChI=1S/C50H30O/c1-3-12-37-32(10-1)22-25-36-30-35(27-28-38(36)37)31-20-23-34(24-21-31)47-40-14-5-7-16-42(40)48(43-17-8-6-15-41(43)47)44-18-9-19-46-49(44)45-29-26-33-11-2-4-13-39(33)50(45)51-46/h1-30H/i1D,2D,3D,4D,5D,6D,7D,8D,9D,10D,11D,12D,13D,14D,15D,16D,17D,18D,19D,20D,21D,22D,23D,24D,25D,26D,27D,28D,29D,30D. The molecule has 0 unspecified atom stereocenters. The molecular formula is C50H30O. The summed E-state index contributed by atoms with van der Waals surface area (Å²) in [5.74, 6) is 0. The molecule has 0 saturated carbocycles. The van der Waals surface area contributed by atoms with Crippen molar-refractivity contribution in [3.05, 3.63) is 181 Å². The molecule has 0 atom stereocenters. The molecule has 1 aromatic heterocycles. The summed E-state index contributed by atoms with van der Waals surface area (Å²) in [6, 6.07) is -27.9. The Morgan fingerprint density at radius 1 is 0.333 bits per heavy atom. The molecule has 236 valence electrons. The predicted octanol–water partition coefficient (Wildman–Crippen LogP) is 14.4. The average Bonchev–Trinajstić information content (AvgIpc) is 3.83. The molecule has 11 rings (SSSR count). The summed E-state index contributed by atoms with van der Waals surface area (Å²) in [5, 5.41) is -7.26. The van der Waals surface area contributed by atoms with Gasteiger partial charge >= 0.3 is 0 Å². The Morgan fingerprint density at radius 3 is 1.57 bits per heavy atom. The Kier molecular flexibility index (Phi) is 2.50. The van der Waals surface area contributed by atoms with E-state index in [9.17, 15) is 17.8 Å². The van der Waals surface area contributed by atoms with E-state index in [1.54, 1.807) is 0 Å². The van der Waals surface area contributed by atoms with Gasteiger partial charge < -0.3 is 4.42 Å². The largest absolute Gasteiger partial charge is 0.455 e. The van der Waals surface area contributed by atoms with Crippen molar-refractivity contribution in [3.63, 3.8) is 0 Å². The van der Waals surface area contributed by atoms with E-state index >= 15 is 0 Å². The van der Waals surface area contributed by atoms with Crippen LogP contribution in [0.25, 0.3) is 109 Å². The molecule has 0 spiro atoms. The number of hydrogen-bond donors (Lipinski definition) is 0. The summed E-state index contributed by atoms with van der Waals surface area (Å²) in [7, 11) is 0. The van der Waals surface area contributed by atoms with Crippen LogP contribution in [0.2, 0.25) is 0 Å². The van der Waals surface area contributed by atoms with Gasteiger partial charge in [-0.15, -0.1) is 0 Å². The first kappa shape index (κ1) is 11.7. The van der Waals surface area contributed by atoms with Crippen molar-refractivity contribution in [3.8, 4) is 33.4 Å². The highest BCUT2D eigenvalue weighted by Gasteiger charge is 2.21. The van der Waals surface area contributed by atoms with Crippen LogP contribution < -0.4 is 0 Å². The molecule has 51 heavy (non-hydrogen) atoms. The maximum absolute atomic E-state index is 9.66. The molecule has 0 saturated heterocycles. The fourth-order valence-electron chi connectivity index (χ4n) is 6.37. The Hall–Kier alpha value is -6.70. The third kappa shape index (κ3) is 4.22. The topological polar surface area (TPSA) is 13.1 Å². The summed E-state index contributed by atoms with van der Waals surface area (Å²) < 4.78 is 278. The van der Waals surface area contributed by atoms with Gasteiger partial charge in [0.2, 0.25) is 0 Å². The molecule has 10 aromatic carbocycles. The van der Waals surface area contributed by atoms with E-state index in [2.05, 4.69) is 0 Å². The highest BCUT2D eigenvalue weighted by atomic mass is 16.3. The number of hydrogen-bond acceptors (Lipinski definition) is 1. The number of fused-ring (bicyclic) bond motifs is 10. The molecule has 1 nitrogen and oxygen atoms in total. The third-order valence-corrected chi connectivity index (χ3v) is 8.56. The van der Waals surface area contributed by atoms with Crippen LogP contribution in [-0.2, 0) is 0 Å². The van der Waals surface area contributed by atoms with Crippen LogP contribution in [0.4, 0.5) is 0 Å². The third-order valence-electron chi connectivity index (χ3n) is 8.56. The van der Waals surface area contributed by atoms with Gasteiger partial charge in [-0.05, 0) is 100.0 Å². The molecule has 0 bridgehead atoms. The second kappa shape index (κ2) is 10.9. The van der Waals surface area contributed by atoms with Crippen LogP contribution >= 0.6 is 0 Å². The van der Waals surface area contributed by atoms with Crippen molar-refractivity contribution < 1.29 is 45.5 Å². The molecule has 0 aliphatic heterocycles. The van der Waals surface area contributed by atoms with Crippen LogP contribution in [0.1, 0.15) is 41.1 Å². The van der Waals surface area contributed by atoms with E-state index < -0.39 is 290 Å². The molecule has 0 aliphatic carbocycles. The van der Waals surface area contributed by atoms with Crippen molar-refractivity contribution in [2.75, 3.05) is 0 Å². The lowest BCUT2D eigenvalue weighted by molar-refractivity contribution is 0.673. The smallest absolute Gasteiger partial charge is 0.143 e. The van der Waals surface area contributed by atoms with Crippen molar-refractivity contribution in [1.29, 1.82) is 0 Å². The molecule has 0 N–H and O–H groups in total. The summed E-state index contributed by atoms with van der Waals surface area (Å²) in [6.07, 6.45) is 0. The van der Waals surface area contributed by atoms with Gasteiger partial charge in [0.05, 0.1) is 41.1 Å². The van der Waals surface area contributed by atoms with E-state index in [0.717, 1.165) is 0 Å². The van der Waals surface area contributed by atoms with Gasteiger partial charge in [0.1, 0.15) is 11.2 Å². The zero-order chi connectivity index (χ0) is 59.6. The second-order valence-electron chi connectivity index (χ2n) is 11.3. The van der Waals surface area contributed by atoms with Gasteiger partial charge in [0.25, 0.3) is 0 Å². The van der Waals surface area contributed by atoms with Gasteiger partial charge in [-0.1, -0.05) is 163 Å². The quantitative estimate of drug-likeness (QED) is 0.134. The fraction of sp³-hybridized carbons (Fsp3) is 0. The summed E-state index contributed by atoms with van der Waals surface area (Å²) in [4.78, 5) is 0. The Bertz CT molecular complexity index is 4820. The summed E-state index contributed by atoms with van der Waals surface area (Å²) >= 11 is 0. The van der Waals surface area contributed by atoms with E-state index in [-0.39, 0.29) is 0 Å². The summed E-state index contributed by atoms with van der Waals surface area (Å²) in [6.45, 7) is 0. The molecule has 1 heterocycles. The molecule has 0 radical (unpaired) electrons. The van der Waals surface area contributed by atoms with Crippen molar-refractivity contribution >= 4 is 75.8 Å². The zero-order valence-electron chi connectivity index (χ0n) is 55.4. The van der Waals surface area contributed by atoms with Gasteiger partial charge in [-0.3, -0.25) is 0 Å². The van der Waals surface area contributed by atoms with Gasteiger partial charge in [-0.25, -0.2) is 0 Å². The maximum Gasteiger partial charge on any atom is 0.143 e. The van der Waals surface area contributed by atoms with Crippen LogP contribution in [0, 0.1) is 0 Å². The minimum absolute atomic E-state index is 0.472. The van der Waals surface area contributed by atoms with Crippen molar-refractivity contribution in [2.45, 2.75) is 0 Å². The maximum atomic E-state index is 9.66. The lowest BCUT2D eigenvalue weighted by Gasteiger charge is -2.18. The zero-order valence-corrected chi connectivity index (χ0v) is 25.4. The minimum atomic E-state index is -1.14. The molecule has 1 heteroatoms. The Morgan fingerprint density at radius 2 is 0.843 bits per heavy atom. The monoisotopic (exact) mass is 676 g/mol. The SMILES string of the molecule is [2H]c1c([2H])c(-c2c3c([2H])c([2H])c([2H])c([2H])c3c(-c3c([2H])c([2H])c([2H])c4oc5c6c([2H])c([2H])c([2H])c([2H])c6c([2H])c([2H])c5c34)c3c([2H])c([2H])c([2H])c([2H])c23)c([2H])c([2H])c1-c1c([2H])c([2H])c2c(c1[2H])c([2H])c([2H])c1c([2H])c([2H])c([2H])c([2H])c12. The van der Waals surface area contributed by atoms with E-state index in [4.69, 9.17) is 27.7 Å². The lowest BCUT2D eigenvalue weighted by atomic mass is 9.84. The lowest BCUT2D eigenvalue weighted by Crippen LogP contribution is -1.91. The van der Waals surface area contributed by atoms with Gasteiger partial charge in [0.15, 0.2) is 0 Å². The fourth-order valence-corrected chi connectivity index (χ4v) is 6.37. The first-order valence-corrected chi connectivity index (χ1v) is 15.2. The van der Waals surface area contributed by atoms with Gasteiger partial charge in [-0.2, -0.15) is 0 Å². The molecule has 0 aliphatic rings. The van der Waals surface area contributed by atoms with Gasteiger partial charge in [0, 0.05) is 16.2 Å². The van der Waals surface area contributed by atoms with Crippen molar-refractivity contribution in [2.24, 2.45) is 0 Å². The predicted molar refractivity (Wildman–Crippen MR) is 218 cm³/mol. The van der Waals surface area contributed by atoms with E-state index in [0.29, 0.717) is 0 Å². The normalized spacial score (nSPS) is 20.2.